The second-order valence-corrected chi connectivity index (χ2v) is 8.18. The number of hydrogen-bond donors (Lipinski definition) is 2. The van der Waals surface area contributed by atoms with Crippen LogP contribution in [0.5, 0.6) is 0 Å². The summed E-state index contributed by atoms with van der Waals surface area (Å²) >= 11 is 1.68. The lowest BCUT2D eigenvalue weighted by Crippen LogP contribution is -2.45. The van der Waals surface area contributed by atoms with Crippen LogP contribution in [0.25, 0.3) is 0 Å². The van der Waals surface area contributed by atoms with Crippen molar-refractivity contribution in [2.75, 3.05) is 36.1 Å². The minimum absolute atomic E-state index is 0.0222. The second-order valence-electron chi connectivity index (χ2n) is 4.73. The summed E-state index contributed by atoms with van der Waals surface area (Å²) in [5.74, 6) is -0.244. The van der Waals surface area contributed by atoms with E-state index in [9.17, 15) is 18.0 Å². The number of sulfone groups is 1. The van der Waals surface area contributed by atoms with Crippen LogP contribution < -0.4 is 5.73 Å². The summed E-state index contributed by atoms with van der Waals surface area (Å²) in [7, 11) is -3.32. The monoisotopic (exact) mass is 324 g/mol. The van der Waals surface area contributed by atoms with Crippen molar-refractivity contribution in [1.82, 2.24) is 4.90 Å². The lowest BCUT2D eigenvalue weighted by molar-refractivity contribution is -0.138. The number of carbonyl (C=O) groups is 2. The van der Waals surface area contributed by atoms with Gasteiger partial charge in [-0.15, -0.1) is 0 Å². The molecule has 116 valence electrons. The lowest BCUT2D eigenvalue weighted by Gasteiger charge is -2.34. The van der Waals surface area contributed by atoms with E-state index in [1.165, 1.54) is 0 Å². The molecule has 20 heavy (non-hydrogen) atoms. The van der Waals surface area contributed by atoms with Gasteiger partial charge in [-0.3, -0.25) is 14.5 Å². The molecule has 1 fully saturated rings. The Labute approximate surface area is 122 Å². The molecule has 0 aliphatic carbocycles. The van der Waals surface area contributed by atoms with Gasteiger partial charge in [0, 0.05) is 37.1 Å². The third-order valence-corrected chi connectivity index (χ3v) is 5.83. The molecule has 1 aliphatic heterocycles. The molecule has 0 bridgehead atoms. The first-order chi connectivity index (χ1) is 9.30. The third kappa shape index (κ3) is 6.58. The van der Waals surface area contributed by atoms with Gasteiger partial charge in [-0.25, -0.2) is 8.42 Å². The Balaban J connectivity index is 2.48. The molecule has 1 heterocycles. The number of nitrogens with two attached hydrogens (primary N) is 1. The van der Waals surface area contributed by atoms with Gasteiger partial charge in [-0.1, -0.05) is 0 Å². The van der Waals surface area contributed by atoms with Crippen molar-refractivity contribution in [2.24, 2.45) is 5.73 Å². The maximum Gasteiger partial charge on any atom is 0.304 e. The molecular formula is C11H20N2O5S2. The van der Waals surface area contributed by atoms with Gasteiger partial charge in [0.1, 0.15) is 0 Å². The number of amides is 1. The molecular weight excluding hydrogens is 304 g/mol. The summed E-state index contributed by atoms with van der Waals surface area (Å²) in [4.78, 5) is 23.3. The highest BCUT2D eigenvalue weighted by Gasteiger charge is 2.26. The maximum atomic E-state index is 11.8. The van der Waals surface area contributed by atoms with E-state index in [0.717, 1.165) is 5.75 Å². The standard InChI is InChI=1S/C11H20N2O5S2/c12-10(14)1-5-20(17,18)6-3-13-2-4-19-8-9(13)7-11(15)16/h9H,1-8H2,(H2,12,14)(H,15,16). The van der Waals surface area contributed by atoms with Crippen LogP contribution in [-0.4, -0.2) is 72.4 Å². The third-order valence-electron chi connectivity index (χ3n) is 3.11. The second kappa shape index (κ2) is 7.84. The van der Waals surface area contributed by atoms with Crippen molar-refractivity contribution >= 4 is 33.5 Å². The number of thioether (sulfide) groups is 1. The van der Waals surface area contributed by atoms with Crippen molar-refractivity contribution in [1.29, 1.82) is 0 Å². The molecule has 3 N–H and O–H groups in total. The van der Waals surface area contributed by atoms with Crippen molar-refractivity contribution in [3.63, 3.8) is 0 Å². The van der Waals surface area contributed by atoms with Gasteiger partial charge in [0.2, 0.25) is 5.91 Å². The van der Waals surface area contributed by atoms with E-state index < -0.39 is 21.7 Å². The number of rotatable bonds is 8. The Morgan fingerprint density at radius 1 is 1.35 bits per heavy atom. The molecule has 1 atom stereocenters. The van der Waals surface area contributed by atoms with Crippen LogP contribution in [-0.2, 0) is 19.4 Å². The number of carbonyl (C=O) groups excluding carboxylic acids is 1. The van der Waals surface area contributed by atoms with E-state index >= 15 is 0 Å². The van der Waals surface area contributed by atoms with Crippen molar-refractivity contribution in [2.45, 2.75) is 18.9 Å². The number of aliphatic carboxylic acids is 1. The summed E-state index contributed by atoms with van der Waals surface area (Å²) in [5.41, 5.74) is 4.93. The minimum atomic E-state index is -3.32. The molecule has 0 aromatic carbocycles. The summed E-state index contributed by atoms with van der Waals surface area (Å²) in [6, 6.07) is -0.127. The molecule has 1 aliphatic rings. The van der Waals surface area contributed by atoms with Gasteiger partial charge in [0.05, 0.1) is 17.9 Å². The van der Waals surface area contributed by atoms with Gasteiger partial charge >= 0.3 is 5.97 Å². The van der Waals surface area contributed by atoms with E-state index in [-0.39, 0.29) is 30.4 Å². The lowest BCUT2D eigenvalue weighted by atomic mass is 10.2. The summed E-state index contributed by atoms with van der Waals surface area (Å²) in [6.45, 7) is 0.994. The van der Waals surface area contributed by atoms with Crippen LogP contribution in [0.4, 0.5) is 0 Å². The first-order valence-electron chi connectivity index (χ1n) is 6.32. The smallest absolute Gasteiger partial charge is 0.304 e. The first-order valence-corrected chi connectivity index (χ1v) is 9.30. The zero-order valence-corrected chi connectivity index (χ0v) is 12.8. The van der Waals surface area contributed by atoms with Gasteiger partial charge in [-0.2, -0.15) is 11.8 Å². The molecule has 1 saturated heterocycles. The van der Waals surface area contributed by atoms with Crippen molar-refractivity contribution < 1.29 is 23.1 Å². The number of primary amides is 1. The average Bonchev–Trinajstić information content (AvgIpc) is 2.35. The van der Waals surface area contributed by atoms with Crippen LogP contribution in [0, 0.1) is 0 Å². The van der Waals surface area contributed by atoms with E-state index in [1.54, 1.807) is 11.8 Å². The van der Waals surface area contributed by atoms with Crippen LogP contribution in [0.3, 0.4) is 0 Å². The number of carboxylic acid groups (broad SMARTS) is 1. The van der Waals surface area contributed by atoms with E-state index in [2.05, 4.69) is 0 Å². The largest absolute Gasteiger partial charge is 0.481 e. The highest BCUT2D eigenvalue weighted by atomic mass is 32.2. The fourth-order valence-corrected chi connectivity index (χ4v) is 4.35. The van der Waals surface area contributed by atoms with Gasteiger partial charge < -0.3 is 10.8 Å². The van der Waals surface area contributed by atoms with Gasteiger partial charge in [0.15, 0.2) is 9.84 Å². The predicted molar refractivity (Wildman–Crippen MR) is 77.4 cm³/mol. The van der Waals surface area contributed by atoms with Crippen LogP contribution >= 0.6 is 11.8 Å². The fraction of sp³-hybridized carbons (Fsp3) is 0.818. The fourth-order valence-electron chi connectivity index (χ4n) is 1.99. The van der Waals surface area contributed by atoms with E-state index in [0.29, 0.717) is 18.8 Å². The number of nitrogens with zero attached hydrogens (tertiary/aromatic N) is 1. The quantitative estimate of drug-likeness (QED) is 0.598. The molecule has 0 spiro atoms. The molecule has 1 unspecified atom stereocenters. The highest BCUT2D eigenvalue weighted by Crippen LogP contribution is 2.19. The zero-order valence-electron chi connectivity index (χ0n) is 11.2. The van der Waals surface area contributed by atoms with E-state index in [4.69, 9.17) is 10.8 Å². The summed E-state index contributed by atoms with van der Waals surface area (Å²) in [5, 5.41) is 8.85. The Bertz CT molecular complexity index is 452. The maximum absolute atomic E-state index is 11.8. The van der Waals surface area contributed by atoms with Gasteiger partial charge in [0.25, 0.3) is 0 Å². The average molecular weight is 324 g/mol. The van der Waals surface area contributed by atoms with Crippen molar-refractivity contribution in [3.8, 4) is 0 Å². The van der Waals surface area contributed by atoms with Crippen LogP contribution in [0.2, 0.25) is 0 Å². The molecule has 0 aromatic rings. The summed E-state index contributed by atoms with van der Waals surface area (Å²) in [6.07, 6.45) is -0.148. The Kier molecular flexibility index (Phi) is 6.77. The summed E-state index contributed by atoms with van der Waals surface area (Å²) < 4.78 is 23.5. The minimum Gasteiger partial charge on any atom is -0.481 e. The Hall–Kier alpha value is -0.800. The molecule has 1 rings (SSSR count). The molecule has 0 saturated carbocycles. The predicted octanol–water partition coefficient (Wildman–Crippen LogP) is -0.831. The number of carboxylic acids is 1. The zero-order chi connectivity index (χ0) is 15.2. The molecule has 1 amide bonds. The first kappa shape index (κ1) is 17.3. The Morgan fingerprint density at radius 2 is 2.05 bits per heavy atom. The highest BCUT2D eigenvalue weighted by molar-refractivity contribution is 7.99. The van der Waals surface area contributed by atoms with E-state index in [1.807, 2.05) is 4.90 Å². The van der Waals surface area contributed by atoms with Gasteiger partial charge in [-0.05, 0) is 0 Å². The van der Waals surface area contributed by atoms with Crippen LogP contribution in [0.1, 0.15) is 12.8 Å². The van der Waals surface area contributed by atoms with Crippen molar-refractivity contribution in [3.05, 3.63) is 0 Å². The van der Waals surface area contributed by atoms with Crippen LogP contribution in [0.15, 0.2) is 0 Å². The normalized spacial score (nSPS) is 20.7. The topological polar surface area (TPSA) is 118 Å². The number of hydrogen-bond acceptors (Lipinski definition) is 6. The molecule has 0 aromatic heterocycles. The molecule has 7 nitrogen and oxygen atoms in total. The Morgan fingerprint density at radius 3 is 2.65 bits per heavy atom. The molecule has 0 radical (unpaired) electrons. The molecule has 9 heteroatoms. The SMILES string of the molecule is NC(=O)CCS(=O)(=O)CCN1CCSCC1CC(=O)O.